The molecule has 0 fully saturated rings. The number of rotatable bonds is 3. The molecule has 0 saturated carbocycles. The van der Waals surface area contributed by atoms with Gasteiger partial charge in [-0.3, -0.25) is 0 Å². The van der Waals surface area contributed by atoms with E-state index in [4.69, 9.17) is 10.5 Å². The maximum atomic E-state index is 11.9. The lowest BCUT2D eigenvalue weighted by Gasteiger charge is -2.08. The molecule has 0 radical (unpaired) electrons. The molecule has 2 rings (SSSR count). The SMILES string of the molecule is Nc1c(OCC(F)F)ccc2scnc12. The van der Waals surface area contributed by atoms with E-state index in [2.05, 4.69) is 4.98 Å². The standard InChI is InChI=1S/C9H8F2N2OS/c10-7(11)3-14-5-1-2-6-9(8(5)12)13-4-15-6/h1-2,4,7H,3,12H2. The Morgan fingerprint density at radius 2 is 2.27 bits per heavy atom. The first-order chi connectivity index (χ1) is 7.18. The van der Waals surface area contributed by atoms with Crippen LogP contribution in [-0.4, -0.2) is 18.0 Å². The molecule has 0 aliphatic heterocycles. The van der Waals surface area contributed by atoms with Crippen molar-refractivity contribution in [3.05, 3.63) is 17.6 Å². The molecule has 0 aliphatic rings. The first kappa shape index (κ1) is 10.1. The van der Waals surface area contributed by atoms with Crippen LogP contribution in [-0.2, 0) is 0 Å². The number of nitrogen functional groups attached to an aromatic ring is 1. The molecule has 2 aromatic rings. The summed E-state index contributed by atoms with van der Waals surface area (Å²) in [4.78, 5) is 4.03. The molecule has 0 unspecified atom stereocenters. The van der Waals surface area contributed by atoms with Crippen molar-refractivity contribution in [2.75, 3.05) is 12.3 Å². The van der Waals surface area contributed by atoms with Crippen molar-refractivity contribution in [1.29, 1.82) is 0 Å². The predicted molar refractivity (Wildman–Crippen MR) is 55.5 cm³/mol. The molecule has 15 heavy (non-hydrogen) atoms. The van der Waals surface area contributed by atoms with Crippen LogP contribution in [0.3, 0.4) is 0 Å². The quantitative estimate of drug-likeness (QED) is 0.824. The Bertz CT molecular complexity index is 472. The Labute approximate surface area is 88.5 Å². The number of nitrogens with two attached hydrogens (primary N) is 1. The van der Waals surface area contributed by atoms with Gasteiger partial charge in [0.25, 0.3) is 6.43 Å². The predicted octanol–water partition coefficient (Wildman–Crippen LogP) is 2.52. The van der Waals surface area contributed by atoms with Gasteiger partial charge in [0, 0.05) is 0 Å². The van der Waals surface area contributed by atoms with E-state index >= 15 is 0 Å². The lowest BCUT2D eigenvalue weighted by atomic mass is 10.2. The average molecular weight is 230 g/mol. The largest absolute Gasteiger partial charge is 0.485 e. The Morgan fingerprint density at radius 3 is 3.00 bits per heavy atom. The Morgan fingerprint density at radius 1 is 1.47 bits per heavy atom. The van der Waals surface area contributed by atoms with Crippen molar-refractivity contribution >= 4 is 27.2 Å². The van der Waals surface area contributed by atoms with Gasteiger partial charge in [-0.15, -0.1) is 11.3 Å². The molecule has 0 amide bonds. The zero-order valence-electron chi connectivity index (χ0n) is 7.61. The molecule has 80 valence electrons. The third-order valence-corrected chi connectivity index (χ3v) is 2.66. The van der Waals surface area contributed by atoms with Gasteiger partial charge in [-0.05, 0) is 12.1 Å². The molecule has 0 bridgehead atoms. The second-order valence-electron chi connectivity index (χ2n) is 2.88. The third kappa shape index (κ3) is 1.99. The normalized spacial score (nSPS) is 11.1. The molecule has 0 aliphatic carbocycles. The van der Waals surface area contributed by atoms with Crippen LogP contribution < -0.4 is 10.5 Å². The lowest BCUT2D eigenvalue weighted by molar-refractivity contribution is 0.0823. The van der Waals surface area contributed by atoms with Crippen molar-refractivity contribution in [2.45, 2.75) is 6.43 Å². The third-order valence-electron chi connectivity index (χ3n) is 1.87. The second kappa shape index (κ2) is 3.98. The zero-order valence-corrected chi connectivity index (χ0v) is 8.43. The maximum absolute atomic E-state index is 11.9. The van der Waals surface area contributed by atoms with Gasteiger partial charge < -0.3 is 10.5 Å². The van der Waals surface area contributed by atoms with Crippen LogP contribution >= 0.6 is 11.3 Å². The van der Waals surface area contributed by atoms with Crippen LogP contribution in [0.25, 0.3) is 10.2 Å². The highest BCUT2D eigenvalue weighted by Crippen LogP contribution is 2.31. The summed E-state index contributed by atoms with van der Waals surface area (Å²) in [6, 6.07) is 3.34. The topological polar surface area (TPSA) is 48.1 Å². The van der Waals surface area contributed by atoms with Gasteiger partial charge in [-0.1, -0.05) is 0 Å². The highest BCUT2D eigenvalue weighted by Gasteiger charge is 2.10. The number of hydrogen-bond acceptors (Lipinski definition) is 4. The maximum Gasteiger partial charge on any atom is 0.272 e. The minimum atomic E-state index is -2.50. The van der Waals surface area contributed by atoms with Gasteiger partial charge in [0.2, 0.25) is 0 Å². The summed E-state index contributed by atoms with van der Waals surface area (Å²) in [6.45, 7) is -0.653. The monoisotopic (exact) mass is 230 g/mol. The number of hydrogen-bond donors (Lipinski definition) is 1. The number of halogens is 2. The van der Waals surface area contributed by atoms with Crippen LogP contribution in [0.2, 0.25) is 0 Å². The summed E-state index contributed by atoms with van der Waals surface area (Å²) in [7, 11) is 0. The van der Waals surface area contributed by atoms with Crippen molar-refractivity contribution < 1.29 is 13.5 Å². The molecular formula is C9H8F2N2OS. The van der Waals surface area contributed by atoms with Crippen LogP contribution in [0.5, 0.6) is 5.75 Å². The molecule has 6 heteroatoms. The minimum Gasteiger partial charge on any atom is -0.485 e. The number of thiazole rings is 1. The molecule has 1 aromatic carbocycles. The van der Waals surface area contributed by atoms with Gasteiger partial charge in [0.05, 0.1) is 10.2 Å². The molecule has 0 atom stereocenters. The van der Waals surface area contributed by atoms with E-state index in [1.807, 2.05) is 0 Å². The number of ether oxygens (including phenoxy) is 1. The van der Waals surface area contributed by atoms with Gasteiger partial charge >= 0.3 is 0 Å². The number of anilines is 1. The Hall–Kier alpha value is -1.43. The fraction of sp³-hybridized carbons (Fsp3) is 0.222. The fourth-order valence-corrected chi connectivity index (χ4v) is 1.90. The van der Waals surface area contributed by atoms with E-state index in [-0.39, 0.29) is 5.75 Å². The molecule has 1 heterocycles. The van der Waals surface area contributed by atoms with E-state index in [0.29, 0.717) is 11.2 Å². The van der Waals surface area contributed by atoms with Gasteiger partial charge in [-0.2, -0.15) is 0 Å². The number of fused-ring (bicyclic) bond motifs is 1. The highest BCUT2D eigenvalue weighted by atomic mass is 32.1. The first-order valence-electron chi connectivity index (χ1n) is 4.21. The first-order valence-corrected chi connectivity index (χ1v) is 5.09. The van der Waals surface area contributed by atoms with E-state index < -0.39 is 13.0 Å². The van der Waals surface area contributed by atoms with Crippen LogP contribution in [0.1, 0.15) is 0 Å². The summed E-state index contributed by atoms with van der Waals surface area (Å²) < 4.78 is 29.6. The molecule has 1 aromatic heterocycles. The van der Waals surface area contributed by atoms with Crippen LogP contribution in [0.4, 0.5) is 14.5 Å². The summed E-state index contributed by atoms with van der Waals surface area (Å²) in [5, 5.41) is 0. The Kier molecular flexibility index (Phi) is 2.68. The van der Waals surface area contributed by atoms with Gasteiger partial charge in [0.15, 0.2) is 0 Å². The van der Waals surface area contributed by atoms with Crippen molar-refractivity contribution in [1.82, 2.24) is 4.98 Å². The van der Waals surface area contributed by atoms with Gasteiger partial charge in [0.1, 0.15) is 23.6 Å². The summed E-state index contributed by atoms with van der Waals surface area (Å²) in [5.41, 5.74) is 8.29. The molecule has 0 saturated heterocycles. The Balaban J connectivity index is 2.31. The van der Waals surface area contributed by atoms with Crippen molar-refractivity contribution in [3.63, 3.8) is 0 Å². The lowest BCUT2D eigenvalue weighted by Crippen LogP contribution is -2.08. The van der Waals surface area contributed by atoms with Gasteiger partial charge in [-0.25, -0.2) is 13.8 Å². The number of nitrogens with zero attached hydrogens (tertiary/aromatic N) is 1. The van der Waals surface area contributed by atoms with E-state index in [1.54, 1.807) is 17.6 Å². The molecular weight excluding hydrogens is 222 g/mol. The van der Waals surface area contributed by atoms with E-state index in [9.17, 15) is 8.78 Å². The van der Waals surface area contributed by atoms with Crippen LogP contribution in [0, 0.1) is 0 Å². The highest BCUT2D eigenvalue weighted by molar-refractivity contribution is 7.16. The smallest absolute Gasteiger partial charge is 0.272 e. The van der Waals surface area contributed by atoms with E-state index in [0.717, 1.165) is 4.70 Å². The second-order valence-corrected chi connectivity index (χ2v) is 3.76. The summed E-state index contributed by atoms with van der Waals surface area (Å²) in [6.07, 6.45) is -2.50. The van der Waals surface area contributed by atoms with Crippen molar-refractivity contribution in [2.24, 2.45) is 0 Å². The summed E-state index contributed by atoms with van der Waals surface area (Å²) >= 11 is 1.44. The molecule has 3 nitrogen and oxygen atoms in total. The zero-order chi connectivity index (χ0) is 10.8. The minimum absolute atomic E-state index is 0.258. The van der Waals surface area contributed by atoms with Crippen molar-refractivity contribution in [3.8, 4) is 5.75 Å². The van der Waals surface area contributed by atoms with E-state index in [1.165, 1.54) is 11.3 Å². The molecule has 2 N–H and O–H groups in total. The number of alkyl halides is 2. The number of benzene rings is 1. The average Bonchev–Trinajstić information content (AvgIpc) is 2.65. The van der Waals surface area contributed by atoms with Crippen LogP contribution in [0.15, 0.2) is 17.6 Å². The number of aromatic nitrogens is 1. The summed E-state index contributed by atoms with van der Waals surface area (Å²) in [5.74, 6) is 0.258. The molecule has 0 spiro atoms. The fourth-order valence-electron chi connectivity index (χ4n) is 1.21.